The Labute approximate surface area is 133 Å². The molecule has 1 aliphatic heterocycles. The minimum atomic E-state index is -0.497. The number of hydrogen-bond donors (Lipinski definition) is 0. The normalized spacial score (nSPS) is 16.0. The number of likely N-dealkylation sites (tertiary alicyclic amines) is 1. The Hall–Kier alpha value is -1.75. The molecule has 4 nitrogen and oxygen atoms in total. The number of aromatic nitrogens is 1. The zero-order valence-electron chi connectivity index (χ0n) is 12.8. The number of halogens is 2. The smallest absolute Gasteiger partial charge is 0.410 e. The van der Waals surface area contributed by atoms with Crippen molar-refractivity contribution in [3.05, 3.63) is 35.2 Å². The number of carbonyl (C=O) groups is 1. The predicted octanol–water partition coefficient (Wildman–Crippen LogP) is 4.23. The van der Waals surface area contributed by atoms with Crippen molar-refractivity contribution in [2.45, 2.75) is 32.4 Å². The molecule has 3 rings (SSSR count). The highest BCUT2D eigenvalue weighted by molar-refractivity contribution is 6.35. The lowest BCUT2D eigenvalue weighted by atomic mass is 10.1. The van der Waals surface area contributed by atoms with Crippen LogP contribution in [0.4, 0.5) is 9.18 Å². The van der Waals surface area contributed by atoms with Crippen molar-refractivity contribution in [1.29, 1.82) is 0 Å². The molecule has 118 valence electrons. The van der Waals surface area contributed by atoms with Crippen LogP contribution in [-0.2, 0) is 4.74 Å². The first-order chi connectivity index (χ1) is 10.2. The van der Waals surface area contributed by atoms with Gasteiger partial charge in [-0.15, -0.1) is 0 Å². The van der Waals surface area contributed by atoms with Gasteiger partial charge in [-0.2, -0.15) is 0 Å². The first kappa shape index (κ1) is 15.2. The number of carbonyl (C=O) groups excluding carboxylic acids is 1. The van der Waals surface area contributed by atoms with Crippen molar-refractivity contribution >= 4 is 28.6 Å². The predicted molar refractivity (Wildman–Crippen MR) is 83.8 cm³/mol. The minimum Gasteiger partial charge on any atom is -0.444 e. The molecular formula is C16H18ClFN2O2. The number of fused-ring (bicyclic) bond motifs is 1. The summed E-state index contributed by atoms with van der Waals surface area (Å²) < 4.78 is 20.6. The Morgan fingerprint density at radius 1 is 1.36 bits per heavy atom. The van der Waals surface area contributed by atoms with Crippen LogP contribution in [0.1, 0.15) is 26.8 Å². The number of benzene rings is 1. The lowest BCUT2D eigenvalue weighted by Gasteiger charge is -2.40. The Morgan fingerprint density at radius 2 is 2.05 bits per heavy atom. The second-order valence-electron chi connectivity index (χ2n) is 6.58. The molecule has 1 amide bonds. The number of ether oxygens (including phenoxy) is 1. The summed E-state index contributed by atoms with van der Waals surface area (Å²) in [5, 5.41) is 1.21. The molecule has 1 aromatic heterocycles. The highest BCUT2D eigenvalue weighted by atomic mass is 35.5. The van der Waals surface area contributed by atoms with Crippen LogP contribution in [0.15, 0.2) is 24.4 Å². The van der Waals surface area contributed by atoms with Crippen LogP contribution in [-0.4, -0.2) is 34.3 Å². The Bertz CT molecular complexity index is 730. The SMILES string of the molecule is CC(C)(C)OC(=O)N1CC(n2cc(Cl)c3cc(F)ccc32)C1. The van der Waals surface area contributed by atoms with E-state index in [-0.39, 0.29) is 18.0 Å². The number of nitrogens with zero attached hydrogens (tertiary/aromatic N) is 2. The molecule has 0 spiro atoms. The van der Waals surface area contributed by atoms with E-state index in [1.807, 2.05) is 25.3 Å². The van der Waals surface area contributed by atoms with E-state index < -0.39 is 5.60 Å². The van der Waals surface area contributed by atoms with Gasteiger partial charge in [-0.3, -0.25) is 0 Å². The van der Waals surface area contributed by atoms with Crippen LogP contribution in [0.3, 0.4) is 0 Å². The maximum atomic E-state index is 13.3. The zero-order chi connectivity index (χ0) is 16.1. The van der Waals surface area contributed by atoms with Crippen LogP contribution in [0.5, 0.6) is 0 Å². The summed E-state index contributed by atoms with van der Waals surface area (Å²) in [4.78, 5) is 13.6. The van der Waals surface area contributed by atoms with Crippen molar-refractivity contribution < 1.29 is 13.9 Å². The molecule has 1 fully saturated rings. The van der Waals surface area contributed by atoms with Gasteiger partial charge < -0.3 is 14.2 Å². The molecule has 1 aliphatic rings. The molecule has 2 heterocycles. The maximum Gasteiger partial charge on any atom is 0.410 e. The summed E-state index contributed by atoms with van der Waals surface area (Å²) in [6, 6.07) is 4.69. The second kappa shape index (κ2) is 5.16. The molecule has 0 radical (unpaired) electrons. The van der Waals surface area contributed by atoms with Gasteiger partial charge in [0, 0.05) is 24.7 Å². The van der Waals surface area contributed by atoms with Crippen LogP contribution in [0.2, 0.25) is 5.02 Å². The van der Waals surface area contributed by atoms with Crippen molar-refractivity contribution in [1.82, 2.24) is 9.47 Å². The quantitative estimate of drug-likeness (QED) is 0.787. The van der Waals surface area contributed by atoms with E-state index in [1.54, 1.807) is 17.2 Å². The lowest BCUT2D eigenvalue weighted by Crippen LogP contribution is -2.52. The number of amides is 1. The van der Waals surface area contributed by atoms with E-state index in [2.05, 4.69) is 0 Å². The molecule has 2 aromatic rings. The molecular weight excluding hydrogens is 307 g/mol. The molecule has 1 aromatic carbocycles. The molecule has 0 aliphatic carbocycles. The van der Waals surface area contributed by atoms with Crippen molar-refractivity contribution in [3.8, 4) is 0 Å². The summed E-state index contributed by atoms with van der Waals surface area (Å²) in [5.41, 5.74) is 0.378. The van der Waals surface area contributed by atoms with E-state index in [0.717, 1.165) is 5.52 Å². The molecule has 0 N–H and O–H groups in total. The average Bonchev–Trinajstić information content (AvgIpc) is 2.62. The van der Waals surface area contributed by atoms with E-state index in [1.165, 1.54) is 12.1 Å². The number of rotatable bonds is 1. The fourth-order valence-electron chi connectivity index (χ4n) is 2.59. The average molecular weight is 325 g/mol. The minimum absolute atomic E-state index is 0.132. The highest BCUT2D eigenvalue weighted by Gasteiger charge is 2.35. The second-order valence-corrected chi connectivity index (χ2v) is 6.99. The fourth-order valence-corrected chi connectivity index (χ4v) is 2.85. The van der Waals surface area contributed by atoms with E-state index in [4.69, 9.17) is 16.3 Å². The molecule has 1 saturated heterocycles. The summed E-state index contributed by atoms with van der Waals surface area (Å²) in [5.74, 6) is -0.309. The van der Waals surface area contributed by atoms with E-state index in [0.29, 0.717) is 23.5 Å². The van der Waals surface area contributed by atoms with Crippen molar-refractivity contribution in [2.24, 2.45) is 0 Å². The molecule has 0 unspecified atom stereocenters. The summed E-state index contributed by atoms with van der Waals surface area (Å²) >= 11 is 6.17. The van der Waals surface area contributed by atoms with Crippen molar-refractivity contribution in [3.63, 3.8) is 0 Å². The molecule has 0 atom stereocenters. The Kier molecular flexibility index (Phi) is 3.56. The van der Waals surface area contributed by atoms with E-state index in [9.17, 15) is 9.18 Å². The first-order valence-electron chi connectivity index (χ1n) is 7.18. The van der Waals surface area contributed by atoms with Gasteiger partial charge in [-0.1, -0.05) is 11.6 Å². The third-order valence-electron chi connectivity index (χ3n) is 3.65. The Morgan fingerprint density at radius 3 is 2.68 bits per heavy atom. The van der Waals surface area contributed by atoms with Crippen LogP contribution in [0.25, 0.3) is 10.9 Å². The van der Waals surface area contributed by atoms with Gasteiger partial charge in [0.15, 0.2) is 0 Å². The summed E-state index contributed by atoms with van der Waals surface area (Å²) in [6.07, 6.45) is 1.49. The van der Waals surface area contributed by atoms with Gasteiger partial charge in [0.2, 0.25) is 0 Å². The molecule has 22 heavy (non-hydrogen) atoms. The monoisotopic (exact) mass is 324 g/mol. The van der Waals surface area contributed by atoms with Gasteiger partial charge >= 0.3 is 6.09 Å². The third kappa shape index (κ3) is 2.77. The highest BCUT2D eigenvalue weighted by Crippen LogP contribution is 2.33. The fraction of sp³-hybridized carbons (Fsp3) is 0.438. The van der Waals surface area contributed by atoms with Crippen LogP contribution in [0, 0.1) is 5.82 Å². The van der Waals surface area contributed by atoms with E-state index >= 15 is 0 Å². The maximum absolute atomic E-state index is 13.3. The van der Waals surface area contributed by atoms with Gasteiger partial charge in [0.1, 0.15) is 11.4 Å². The lowest BCUT2D eigenvalue weighted by molar-refractivity contribution is 0.00158. The molecule has 0 bridgehead atoms. The van der Waals surface area contributed by atoms with Gasteiger partial charge in [-0.25, -0.2) is 9.18 Å². The largest absolute Gasteiger partial charge is 0.444 e. The topological polar surface area (TPSA) is 34.5 Å². The van der Waals surface area contributed by atoms with Crippen molar-refractivity contribution in [2.75, 3.05) is 13.1 Å². The third-order valence-corrected chi connectivity index (χ3v) is 3.96. The summed E-state index contributed by atoms with van der Waals surface area (Å²) in [6.45, 7) is 6.65. The summed E-state index contributed by atoms with van der Waals surface area (Å²) in [7, 11) is 0. The Balaban J connectivity index is 1.75. The van der Waals surface area contributed by atoms with Crippen LogP contribution < -0.4 is 0 Å². The number of hydrogen-bond acceptors (Lipinski definition) is 2. The van der Waals surface area contributed by atoms with Gasteiger partial charge in [0.05, 0.1) is 16.6 Å². The van der Waals surface area contributed by atoms with Gasteiger partial charge in [-0.05, 0) is 39.0 Å². The van der Waals surface area contributed by atoms with Gasteiger partial charge in [0.25, 0.3) is 0 Å². The standard InChI is InChI=1S/C16H18ClFN2O2/c1-16(2,3)22-15(21)19-7-11(8-19)20-9-13(17)12-6-10(18)4-5-14(12)20/h4-6,9,11H,7-8H2,1-3H3. The molecule has 6 heteroatoms. The molecule has 0 saturated carbocycles. The van der Waals surface area contributed by atoms with Crippen LogP contribution >= 0.6 is 11.6 Å². The zero-order valence-corrected chi connectivity index (χ0v) is 13.5. The first-order valence-corrected chi connectivity index (χ1v) is 7.56.